The molecular formula is C9H16NO6. The van der Waals surface area contributed by atoms with E-state index >= 15 is 0 Å². The van der Waals surface area contributed by atoms with Gasteiger partial charge in [0, 0.05) is 0 Å². The molecule has 0 aliphatic carbocycles. The quantitative estimate of drug-likeness (QED) is 0.467. The number of hydrogen-bond acceptors (Lipinski definition) is 6. The number of rotatable bonds is 3. The number of aliphatic hydroxyl groups is 3. The Morgan fingerprint density at radius 1 is 1.50 bits per heavy atom. The highest BCUT2D eigenvalue weighted by Gasteiger charge is 2.39. The smallest absolute Gasteiger partial charge is 0.407 e. The maximum absolute atomic E-state index is 11.1. The summed E-state index contributed by atoms with van der Waals surface area (Å²) < 4.78 is 9.56. The Kier molecular flexibility index (Phi) is 4.94. The summed E-state index contributed by atoms with van der Waals surface area (Å²) in [4.78, 5) is 11.1. The van der Waals surface area contributed by atoms with Crippen molar-refractivity contribution in [1.29, 1.82) is 0 Å². The summed E-state index contributed by atoms with van der Waals surface area (Å²) in [6.45, 7) is 2.60. The molecule has 0 spiro atoms. The summed E-state index contributed by atoms with van der Waals surface area (Å²) in [7, 11) is 0. The van der Waals surface area contributed by atoms with Crippen LogP contribution in [0.25, 0.3) is 0 Å². The summed E-state index contributed by atoms with van der Waals surface area (Å²) in [5, 5.41) is 30.2. The third kappa shape index (κ3) is 3.05. The van der Waals surface area contributed by atoms with Gasteiger partial charge in [0.2, 0.25) is 0 Å². The van der Waals surface area contributed by atoms with Crippen LogP contribution in [-0.2, 0) is 9.47 Å². The zero-order valence-corrected chi connectivity index (χ0v) is 8.87. The molecule has 1 radical (unpaired) electrons. The zero-order valence-electron chi connectivity index (χ0n) is 8.87. The largest absolute Gasteiger partial charge is 0.450 e. The van der Waals surface area contributed by atoms with Gasteiger partial charge in [0.1, 0.15) is 24.9 Å². The molecule has 0 aromatic heterocycles. The van der Waals surface area contributed by atoms with E-state index in [1.165, 1.54) is 0 Å². The standard InChI is InChI=1S/C9H16NO6/c1-2-15-9(14)10-5-4-16-6(3-11)8(13)7(5)12/h4-8,11-13H,2-3H2,1H3,(H,10,14)/t5-,6+,7+,8+/m0/s1. The third-order valence-corrected chi connectivity index (χ3v) is 2.24. The van der Waals surface area contributed by atoms with Crippen LogP contribution in [0.15, 0.2) is 0 Å². The van der Waals surface area contributed by atoms with Gasteiger partial charge in [-0.25, -0.2) is 4.79 Å². The molecule has 93 valence electrons. The van der Waals surface area contributed by atoms with Crippen LogP contribution in [0.3, 0.4) is 0 Å². The molecular weight excluding hydrogens is 218 g/mol. The number of alkyl carbamates (subject to hydrolysis) is 1. The van der Waals surface area contributed by atoms with Gasteiger partial charge in [0.05, 0.1) is 19.3 Å². The van der Waals surface area contributed by atoms with E-state index in [0.717, 1.165) is 6.61 Å². The van der Waals surface area contributed by atoms with E-state index in [1.54, 1.807) is 6.92 Å². The van der Waals surface area contributed by atoms with Gasteiger partial charge in [0.25, 0.3) is 0 Å². The van der Waals surface area contributed by atoms with E-state index in [2.05, 4.69) is 10.1 Å². The highest BCUT2D eigenvalue weighted by Crippen LogP contribution is 2.18. The van der Waals surface area contributed by atoms with Gasteiger partial charge in [0.15, 0.2) is 0 Å². The number of nitrogens with one attached hydrogen (secondary N) is 1. The summed E-state index contributed by atoms with van der Waals surface area (Å²) in [5.41, 5.74) is 0. The summed E-state index contributed by atoms with van der Waals surface area (Å²) in [6, 6.07) is -0.864. The van der Waals surface area contributed by atoms with Crippen molar-refractivity contribution < 1.29 is 29.6 Å². The van der Waals surface area contributed by atoms with Gasteiger partial charge in [-0.05, 0) is 6.92 Å². The van der Waals surface area contributed by atoms with Crippen LogP contribution in [0, 0.1) is 6.61 Å². The molecule has 1 amide bonds. The molecule has 0 bridgehead atoms. The molecule has 7 heteroatoms. The SMILES string of the molecule is CCOC(=O)N[C@H]1[CH]O[C@H](CO)[C@@H](O)[C@@H]1O. The first-order valence-corrected chi connectivity index (χ1v) is 4.99. The summed E-state index contributed by atoms with van der Waals surface area (Å²) >= 11 is 0. The first-order valence-electron chi connectivity index (χ1n) is 4.99. The molecule has 1 fully saturated rings. The first-order chi connectivity index (χ1) is 7.60. The minimum absolute atomic E-state index is 0.206. The van der Waals surface area contributed by atoms with Gasteiger partial charge in [-0.1, -0.05) is 0 Å². The zero-order chi connectivity index (χ0) is 12.1. The topological polar surface area (TPSA) is 108 Å². The third-order valence-electron chi connectivity index (χ3n) is 2.24. The number of amides is 1. The van der Waals surface area contributed by atoms with Crippen molar-refractivity contribution in [3.63, 3.8) is 0 Å². The van der Waals surface area contributed by atoms with E-state index in [4.69, 9.17) is 9.84 Å². The second kappa shape index (κ2) is 6.00. The summed E-state index contributed by atoms with van der Waals surface area (Å²) in [6.07, 6.45) is -4.09. The highest BCUT2D eigenvalue weighted by molar-refractivity contribution is 5.67. The van der Waals surface area contributed by atoms with Crippen LogP contribution in [0.5, 0.6) is 0 Å². The molecule has 1 rings (SSSR count). The Labute approximate surface area is 93.0 Å². The maximum atomic E-state index is 11.1. The van der Waals surface area contributed by atoms with Crippen molar-refractivity contribution in [2.45, 2.75) is 31.3 Å². The summed E-state index contributed by atoms with van der Waals surface area (Å²) in [5.74, 6) is 0. The second-order valence-electron chi connectivity index (χ2n) is 3.36. The predicted octanol–water partition coefficient (Wildman–Crippen LogP) is -1.62. The maximum Gasteiger partial charge on any atom is 0.407 e. The number of carbonyl (C=O) groups is 1. The lowest BCUT2D eigenvalue weighted by molar-refractivity contribution is -0.136. The second-order valence-corrected chi connectivity index (χ2v) is 3.36. The van der Waals surface area contributed by atoms with E-state index in [9.17, 15) is 15.0 Å². The number of aliphatic hydroxyl groups excluding tert-OH is 3. The average molecular weight is 234 g/mol. The van der Waals surface area contributed by atoms with E-state index in [1.807, 2.05) is 0 Å². The van der Waals surface area contributed by atoms with Crippen molar-refractivity contribution >= 4 is 6.09 Å². The first kappa shape index (κ1) is 13.2. The number of carbonyl (C=O) groups excluding carboxylic acids is 1. The Bertz CT molecular complexity index is 236. The van der Waals surface area contributed by atoms with Gasteiger partial charge in [-0.3, -0.25) is 0 Å². The molecule has 4 atom stereocenters. The van der Waals surface area contributed by atoms with Crippen molar-refractivity contribution in [2.75, 3.05) is 13.2 Å². The molecule has 16 heavy (non-hydrogen) atoms. The fraction of sp³-hybridized carbons (Fsp3) is 0.778. The monoisotopic (exact) mass is 234 g/mol. The average Bonchev–Trinajstić information content (AvgIpc) is 2.25. The molecule has 0 unspecified atom stereocenters. The lowest BCUT2D eigenvalue weighted by atomic mass is 9.99. The Balaban J connectivity index is 2.48. The molecule has 0 aromatic carbocycles. The number of hydrogen-bond donors (Lipinski definition) is 4. The van der Waals surface area contributed by atoms with Gasteiger partial charge in [-0.15, -0.1) is 0 Å². The van der Waals surface area contributed by atoms with Crippen LogP contribution >= 0.6 is 0 Å². The molecule has 7 nitrogen and oxygen atoms in total. The highest BCUT2D eigenvalue weighted by atomic mass is 16.6. The van der Waals surface area contributed by atoms with Gasteiger partial charge >= 0.3 is 6.09 Å². The molecule has 0 saturated carbocycles. The van der Waals surface area contributed by atoms with Gasteiger partial charge < -0.3 is 30.1 Å². The minimum atomic E-state index is -1.26. The molecule has 1 heterocycles. The molecule has 0 aromatic rings. The van der Waals surface area contributed by atoms with Crippen LogP contribution in [-0.4, -0.2) is 59.0 Å². The van der Waals surface area contributed by atoms with Crippen molar-refractivity contribution in [3.8, 4) is 0 Å². The number of ether oxygens (including phenoxy) is 2. The fourth-order valence-electron chi connectivity index (χ4n) is 1.36. The molecule has 1 saturated heterocycles. The lowest BCUT2D eigenvalue weighted by Crippen LogP contribution is -2.58. The van der Waals surface area contributed by atoms with Crippen molar-refractivity contribution in [1.82, 2.24) is 5.32 Å². The van der Waals surface area contributed by atoms with Crippen molar-refractivity contribution in [3.05, 3.63) is 6.61 Å². The molecule has 4 N–H and O–H groups in total. The fourth-order valence-corrected chi connectivity index (χ4v) is 1.36. The Morgan fingerprint density at radius 3 is 2.75 bits per heavy atom. The minimum Gasteiger partial charge on any atom is -0.450 e. The van der Waals surface area contributed by atoms with Crippen LogP contribution in [0.4, 0.5) is 4.79 Å². The molecule has 1 aliphatic heterocycles. The Morgan fingerprint density at radius 2 is 2.19 bits per heavy atom. The van der Waals surface area contributed by atoms with Gasteiger partial charge in [-0.2, -0.15) is 0 Å². The Hall–Kier alpha value is -0.890. The lowest BCUT2D eigenvalue weighted by Gasteiger charge is -2.36. The van der Waals surface area contributed by atoms with Crippen LogP contribution in [0.1, 0.15) is 6.92 Å². The van der Waals surface area contributed by atoms with E-state index in [-0.39, 0.29) is 6.61 Å². The van der Waals surface area contributed by atoms with Crippen LogP contribution < -0.4 is 5.32 Å². The molecule has 1 aliphatic rings. The van der Waals surface area contributed by atoms with Crippen LogP contribution in [0.2, 0.25) is 0 Å². The van der Waals surface area contributed by atoms with E-state index < -0.39 is 37.1 Å². The van der Waals surface area contributed by atoms with Crippen molar-refractivity contribution in [2.24, 2.45) is 0 Å². The predicted molar refractivity (Wildman–Crippen MR) is 52.2 cm³/mol. The van der Waals surface area contributed by atoms with E-state index in [0.29, 0.717) is 0 Å². The normalized spacial score (nSPS) is 34.5.